The Morgan fingerprint density at radius 2 is 1.72 bits per heavy atom. The molecule has 2 rings (SSSR count). The Kier molecular flexibility index (Phi) is 7.04. The fraction of sp³-hybridized carbons (Fsp3) is 0.500. The van der Waals surface area contributed by atoms with Crippen molar-refractivity contribution in [3.05, 3.63) is 36.0 Å². The van der Waals surface area contributed by atoms with E-state index in [0.717, 1.165) is 43.3 Å². The minimum absolute atomic E-state index is 0.666. The van der Waals surface area contributed by atoms with Crippen LogP contribution in [0.4, 0.5) is 23.1 Å². The van der Waals surface area contributed by atoms with E-state index in [0.29, 0.717) is 11.9 Å². The van der Waals surface area contributed by atoms with Gasteiger partial charge in [0.25, 0.3) is 0 Å². The fourth-order valence-electron chi connectivity index (χ4n) is 2.68. The van der Waals surface area contributed by atoms with Crippen molar-refractivity contribution < 1.29 is 0 Å². The first-order valence-corrected chi connectivity index (χ1v) is 9.23. The Balaban J connectivity index is 2.05. The predicted octanol–water partition coefficient (Wildman–Crippen LogP) is 4.83. The van der Waals surface area contributed by atoms with Gasteiger partial charge in [-0.15, -0.1) is 0 Å². The quantitative estimate of drug-likeness (QED) is 0.684. The lowest BCUT2D eigenvalue weighted by atomic mass is 10.1. The molecular weight excluding hydrogens is 310 g/mol. The summed E-state index contributed by atoms with van der Waals surface area (Å²) in [6, 6.07) is 10.4. The number of rotatable bonds is 9. The van der Waals surface area contributed by atoms with Crippen LogP contribution < -0.4 is 15.5 Å². The van der Waals surface area contributed by atoms with Crippen LogP contribution in [0.15, 0.2) is 30.3 Å². The molecule has 0 aliphatic carbocycles. The van der Waals surface area contributed by atoms with E-state index in [1.54, 1.807) is 0 Å². The maximum atomic E-state index is 4.57. The molecule has 0 saturated carbocycles. The third-order valence-electron chi connectivity index (χ3n) is 4.13. The van der Waals surface area contributed by atoms with Crippen molar-refractivity contribution in [1.29, 1.82) is 0 Å². The second-order valence-corrected chi connectivity index (χ2v) is 6.67. The van der Waals surface area contributed by atoms with E-state index >= 15 is 0 Å². The molecule has 2 aromatic rings. The normalized spacial score (nSPS) is 10.8. The molecule has 0 spiro atoms. The second-order valence-electron chi connectivity index (χ2n) is 6.67. The van der Waals surface area contributed by atoms with Gasteiger partial charge >= 0.3 is 0 Å². The first kappa shape index (κ1) is 19.0. The third-order valence-corrected chi connectivity index (χ3v) is 4.13. The average Bonchev–Trinajstić information content (AvgIpc) is 2.56. The smallest absolute Gasteiger partial charge is 0.224 e. The van der Waals surface area contributed by atoms with Gasteiger partial charge in [-0.1, -0.05) is 13.8 Å². The lowest BCUT2D eigenvalue weighted by molar-refractivity contribution is 0.606. The topological polar surface area (TPSA) is 53.1 Å². The second kappa shape index (κ2) is 9.25. The highest BCUT2D eigenvalue weighted by Gasteiger charge is 2.05. The summed E-state index contributed by atoms with van der Waals surface area (Å²) in [5.74, 6) is 2.16. The zero-order valence-electron chi connectivity index (χ0n) is 16.1. The number of benzene rings is 1. The molecule has 0 aliphatic heterocycles. The number of nitrogens with zero attached hydrogens (tertiary/aromatic N) is 3. The monoisotopic (exact) mass is 341 g/mol. The number of anilines is 4. The fourth-order valence-corrected chi connectivity index (χ4v) is 2.68. The van der Waals surface area contributed by atoms with Crippen LogP contribution in [0.2, 0.25) is 0 Å². The number of aromatic nitrogens is 2. The van der Waals surface area contributed by atoms with Crippen molar-refractivity contribution in [3.8, 4) is 0 Å². The van der Waals surface area contributed by atoms with Crippen molar-refractivity contribution in [2.45, 2.75) is 41.0 Å². The summed E-state index contributed by atoms with van der Waals surface area (Å²) >= 11 is 0. The largest absolute Gasteiger partial charge is 0.372 e. The minimum Gasteiger partial charge on any atom is -0.372 e. The van der Waals surface area contributed by atoms with Gasteiger partial charge < -0.3 is 15.5 Å². The van der Waals surface area contributed by atoms with Crippen LogP contribution in [0.1, 0.15) is 39.8 Å². The van der Waals surface area contributed by atoms with E-state index in [9.17, 15) is 0 Å². The van der Waals surface area contributed by atoms with Gasteiger partial charge in [-0.3, -0.25) is 0 Å². The van der Waals surface area contributed by atoms with E-state index in [4.69, 9.17) is 0 Å². The summed E-state index contributed by atoms with van der Waals surface area (Å²) in [5, 5.41) is 6.69. The Morgan fingerprint density at radius 1 is 1.04 bits per heavy atom. The zero-order valence-corrected chi connectivity index (χ0v) is 16.1. The summed E-state index contributed by atoms with van der Waals surface area (Å²) in [6.45, 7) is 13.7. The number of hydrogen-bond acceptors (Lipinski definition) is 5. The van der Waals surface area contributed by atoms with Gasteiger partial charge in [-0.2, -0.15) is 4.98 Å². The molecule has 0 bridgehead atoms. The number of aryl methyl sites for hydroxylation is 1. The van der Waals surface area contributed by atoms with Crippen molar-refractivity contribution in [1.82, 2.24) is 9.97 Å². The highest BCUT2D eigenvalue weighted by Crippen LogP contribution is 2.21. The van der Waals surface area contributed by atoms with Gasteiger partial charge in [0.1, 0.15) is 5.82 Å². The van der Waals surface area contributed by atoms with Gasteiger partial charge in [0, 0.05) is 42.8 Å². The molecular formula is C20H31N5. The van der Waals surface area contributed by atoms with Gasteiger partial charge in [0.15, 0.2) is 0 Å². The van der Waals surface area contributed by atoms with Crippen LogP contribution in [-0.2, 0) is 0 Å². The van der Waals surface area contributed by atoms with Crippen molar-refractivity contribution in [2.75, 3.05) is 35.2 Å². The standard InChI is InChI=1S/C20H31N5/c1-6-25(7-2)18-10-8-17(9-11-18)23-19-14-16(5)22-20(24-19)21-13-12-15(3)4/h8-11,14-15H,6-7,12-13H2,1-5H3,(H2,21,22,23,24). The van der Waals surface area contributed by atoms with E-state index in [1.165, 1.54) is 5.69 Å². The van der Waals surface area contributed by atoms with Crippen LogP contribution in [0.3, 0.4) is 0 Å². The number of nitrogens with one attached hydrogen (secondary N) is 2. The van der Waals surface area contributed by atoms with Gasteiger partial charge in [-0.25, -0.2) is 4.98 Å². The van der Waals surface area contributed by atoms with E-state index in [-0.39, 0.29) is 0 Å². The maximum absolute atomic E-state index is 4.57. The SMILES string of the molecule is CCN(CC)c1ccc(Nc2cc(C)nc(NCCC(C)C)n2)cc1. The molecule has 1 aromatic carbocycles. The molecule has 136 valence electrons. The van der Waals surface area contributed by atoms with Gasteiger partial charge in [-0.05, 0) is 57.4 Å². The van der Waals surface area contributed by atoms with Crippen molar-refractivity contribution >= 4 is 23.1 Å². The first-order chi connectivity index (χ1) is 12.0. The molecule has 1 aromatic heterocycles. The predicted molar refractivity (Wildman–Crippen MR) is 108 cm³/mol. The molecule has 0 unspecified atom stereocenters. The highest BCUT2D eigenvalue weighted by molar-refractivity contribution is 5.61. The highest BCUT2D eigenvalue weighted by atomic mass is 15.1. The summed E-state index contributed by atoms with van der Waals surface area (Å²) in [6.07, 6.45) is 1.10. The molecule has 0 saturated heterocycles. The van der Waals surface area contributed by atoms with Crippen molar-refractivity contribution in [2.24, 2.45) is 5.92 Å². The maximum Gasteiger partial charge on any atom is 0.224 e. The van der Waals surface area contributed by atoms with E-state index in [2.05, 4.69) is 77.5 Å². The van der Waals surface area contributed by atoms with Crippen LogP contribution >= 0.6 is 0 Å². The average molecular weight is 342 g/mol. The molecule has 2 N–H and O–H groups in total. The Morgan fingerprint density at radius 3 is 2.32 bits per heavy atom. The molecule has 25 heavy (non-hydrogen) atoms. The van der Waals surface area contributed by atoms with Crippen molar-refractivity contribution in [3.63, 3.8) is 0 Å². The molecule has 0 aliphatic rings. The van der Waals surface area contributed by atoms with Crippen LogP contribution in [-0.4, -0.2) is 29.6 Å². The van der Waals surface area contributed by atoms with Crippen LogP contribution in [0.5, 0.6) is 0 Å². The number of hydrogen-bond donors (Lipinski definition) is 2. The van der Waals surface area contributed by atoms with Crippen LogP contribution in [0.25, 0.3) is 0 Å². The molecule has 5 nitrogen and oxygen atoms in total. The van der Waals surface area contributed by atoms with E-state index in [1.807, 2.05) is 13.0 Å². The Hall–Kier alpha value is -2.30. The summed E-state index contributed by atoms with van der Waals surface area (Å²) in [4.78, 5) is 11.4. The first-order valence-electron chi connectivity index (χ1n) is 9.23. The van der Waals surface area contributed by atoms with E-state index < -0.39 is 0 Å². The summed E-state index contributed by atoms with van der Waals surface area (Å²) in [5.41, 5.74) is 3.22. The molecule has 5 heteroatoms. The Bertz CT molecular complexity index is 648. The molecule has 0 amide bonds. The molecule has 0 fully saturated rings. The van der Waals surface area contributed by atoms with Gasteiger partial charge in [0.05, 0.1) is 0 Å². The lowest BCUT2D eigenvalue weighted by Gasteiger charge is -2.21. The Labute approximate surface area is 151 Å². The van der Waals surface area contributed by atoms with Gasteiger partial charge in [0.2, 0.25) is 5.95 Å². The zero-order chi connectivity index (χ0) is 18.2. The minimum atomic E-state index is 0.666. The third kappa shape index (κ3) is 5.93. The molecule has 0 atom stereocenters. The molecule has 1 heterocycles. The molecule has 0 radical (unpaired) electrons. The summed E-state index contributed by atoms with van der Waals surface area (Å²) < 4.78 is 0. The van der Waals surface area contributed by atoms with Crippen LogP contribution in [0, 0.1) is 12.8 Å². The summed E-state index contributed by atoms with van der Waals surface area (Å²) in [7, 11) is 0. The lowest BCUT2D eigenvalue weighted by Crippen LogP contribution is -2.21.